The molecule has 0 atom stereocenters. The highest BCUT2D eigenvalue weighted by atomic mass is 32.2. The van der Waals surface area contributed by atoms with Crippen molar-refractivity contribution in [2.24, 2.45) is 7.05 Å². The molecule has 7 nitrogen and oxygen atoms in total. The molecule has 0 amide bonds. The van der Waals surface area contributed by atoms with Crippen LogP contribution in [-0.2, 0) is 7.05 Å². The van der Waals surface area contributed by atoms with Crippen molar-refractivity contribution in [3.05, 3.63) is 24.2 Å². The first-order valence-corrected chi connectivity index (χ1v) is 5.07. The summed E-state index contributed by atoms with van der Waals surface area (Å²) >= 11 is 1.11. The van der Waals surface area contributed by atoms with Gasteiger partial charge in [0.15, 0.2) is 5.16 Å². The molecular weight excluding hydrogens is 230 g/mol. The van der Waals surface area contributed by atoms with Gasteiger partial charge in [-0.15, -0.1) is 15.3 Å². The summed E-state index contributed by atoms with van der Waals surface area (Å²) < 4.78 is 1.67. The maximum absolute atomic E-state index is 10.9. The predicted octanol–water partition coefficient (Wildman–Crippen LogP) is 0.454. The van der Waals surface area contributed by atoms with Crippen LogP contribution in [0.1, 0.15) is 10.4 Å². The van der Waals surface area contributed by atoms with Gasteiger partial charge in [0.05, 0.1) is 11.8 Å². The number of aryl methyl sites for hydroxylation is 1. The fourth-order valence-electron chi connectivity index (χ4n) is 1.01. The van der Waals surface area contributed by atoms with Crippen LogP contribution >= 0.6 is 11.8 Å². The van der Waals surface area contributed by atoms with Gasteiger partial charge in [0.2, 0.25) is 0 Å². The largest absolute Gasteiger partial charge is 0.478 e. The molecule has 2 heterocycles. The molecule has 0 radical (unpaired) electrons. The van der Waals surface area contributed by atoms with Gasteiger partial charge in [0, 0.05) is 7.05 Å². The van der Waals surface area contributed by atoms with Crippen LogP contribution in [0.5, 0.6) is 0 Å². The van der Waals surface area contributed by atoms with E-state index in [1.54, 1.807) is 11.6 Å². The molecule has 0 unspecified atom stereocenters. The molecule has 0 fully saturated rings. The van der Waals surface area contributed by atoms with Crippen LogP contribution in [0.2, 0.25) is 0 Å². The van der Waals surface area contributed by atoms with Crippen molar-refractivity contribution in [1.82, 2.24) is 25.0 Å². The highest BCUT2D eigenvalue weighted by Crippen LogP contribution is 2.25. The van der Waals surface area contributed by atoms with Crippen molar-refractivity contribution < 1.29 is 9.90 Å². The number of hydrogen-bond acceptors (Lipinski definition) is 6. The SMILES string of the molecule is Cn1cnnc1Sc1nnccc1C(=O)O. The van der Waals surface area contributed by atoms with Gasteiger partial charge in [-0.3, -0.25) is 0 Å². The van der Waals surface area contributed by atoms with Crippen molar-refractivity contribution in [2.75, 3.05) is 0 Å². The normalized spacial score (nSPS) is 10.3. The summed E-state index contributed by atoms with van der Waals surface area (Å²) in [5.41, 5.74) is 0.100. The summed E-state index contributed by atoms with van der Waals surface area (Å²) in [6.45, 7) is 0. The summed E-state index contributed by atoms with van der Waals surface area (Å²) in [5.74, 6) is -1.04. The number of carbonyl (C=O) groups is 1. The minimum Gasteiger partial charge on any atom is -0.478 e. The maximum Gasteiger partial charge on any atom is 0.338 e. The van der Waals surface area contributed by atoms with Crippen molar-refractivity contribution in [1.29, 1.82) is 0 Å². The van der Waals surface area contributed by atoms with E-state index in [1.165, 1.54) is 18.6 Å². The standard InChI is InChI=1S/C8H7N5O2S/c1-13-4-10-12-8(13)16-6-5(7(14)15)2-3-9-11-6/h2-4H,1H3,(H,14,15). The van der Waals surface area contributed by atoms with Gasteiger partial charge in [-0.05, 0) is 17.8 Å². The molecule has 0 saturated carbocycles. The average Bonchev–Trinajstić information content (AvgIpc) is 2.65. The first-order valence-electron chi connectivity index (χ1n) is 4.25. The zero-order chi connectivity index (χ0) is 11.5. The molecule has 0 saturated heterocycles. The van der Waals surface area contributed by atoms with Crippen molar-refractivity contribution >= 4 is 17.7 Å². The van der Waals surface area contributed by atoms with E-state index in [1.807, 2.05) is 0 Å². The van der Waals surface area contributed by atoms with Crippen LogP contribution in [0.3, 0.4) is 0 Å². The lowest BCUT2D eigenvalue weighted by molar-refractivity contribution is 0.0692. The Balaban J connectivity index is 2.35. The number of carboxylic acids is 1. The van der Waals surface area contributed by atoms with Gasteiger partial charge in [-0.25, -0.2) is 4.79 Å². The second-order valence-electron chi connectivity index (χ2n) is 2.88. The Labute approximate surface area is 94.5 Å². The molecule has 8 heteroatoms. The smallest absolute Gasteiger partial charge is 0.338 e. The van der Waals surface area contributed by atoms with Crippen LogP contribution in [0.15, 0.2) is 28.8 Å². The van der Waals surface area contributed by atoms with E-state index in [2.05, 4.69) is 20.4 Å². The number of aromatic carboxylic acids is 1. The minimum absolute atomic E-state index is 0.100. The van der Waals surface area contributed by atoms with Crippen LogP contribution in [-0.4, -0.2) is 36.0 Å². The molecule has 2 rings (SSSR count). The minimum atomic E-state index is -1.04. The Morgan fingerprint density at radius 2 is 2.25 bits per heavy atom. The average molecular weight is 237 g/mol. The lowest BCUT2D eigenvalue weighted by Gasteiger charge is -2.01. The van der Waals surface area contributed by atoms with Crippen molar-refractivity contribution in [3.8, 4) is 0 Å². The van der Waals surface area contributed by atoms with E-state index in [-0.39, 0.29) is 5.56 Å². The second kappa shape index (κ2) is 4.27. The van der Waals surface area contributed by atoms with E-state index in [0.29, 0.717) is 10.2 Å². The summed E-state index contributed by atoms with van der Waals surface area (Å²) in [6.07, 6.45) is 2.86. The third-order valence-electron chi connectivity index (χ3n) is 1.78. The highest BCUT2D eigenvalue weighted by Gasteiger charge is 2.14. The van der Waals surface area contributed by atoms with Gasteiger partial charge in [0.1, 0.15) is 11.4 Å². The fourth-order valence-corrected chi connectivity index (χ4v) is 1.81. The van der Waals surface area contributed by atoms with E-state index in [0.717, 1.165) is 11.8 Å². The first kappa shape index (κ1) is 10.6. The Bertz CT molecular complexity index is 527. The topological polar surface area (TPSA) is 93.8 Å². The molecule has 1 N–H and O–H groups in total. The lowest BCUT2D eigenvalue weighted by atomic mass is 10.3. The third-order valence-corrected chi connectivity index (χ3v) is 2.82. The number of carboxylic acid groups (broad SMARTS) is 1. The number of nitrogens with zero attached hydrogens (tertiary/aromatic N) is 5. The number of hydrogen-bond donors (Lipinski definition) is 1. The van der Waals surface area contributed by atoms with Gasteiger partial charge in [0.25, 0.3) is 0 Å². The number of rotatable bonds is 3. The molecule has 2 aromatic rings. The second-order valence-corrected chi connectivity index (χ2v) is 3.84. The fraction of sp³-hybridized carbons (Fsp3) is 0.125. The van der Waals surface area contributed by atoms with Gasteiger partial charge in [-0.1, -0.05) is 0 Å². The molecule has 2 aromatic heterocycles. The van der Waals surface area contributed by atoms with Crippen LogP contribution in [0, 0.1) is 0 Å². The van der Waals surface area contributed by atoms with Gasteiger partial charge < -0.3 is 9.67 Å². The van der Waals surface area contributed by atoms with E-state index < -0.39 is 5.97 Å². The Hall–Kier alpha value is -1.96. The molecule has 0 aliphatic rings. The molecule has 0 aromatic carbocycles. The molecule has 0 bridgehead atoms. The monoisotopic (exact) mass is 237 g/mol. The first-order chi connectivity index (χ1) is 7.68. The zero-order valence-electron chi connectivity index (χ0n) is 8.23. The van der Waals surface area contributed by atoms with E-state index in [4.69, 9.17) is 5.11 Å². The summed E-state index contributed by atoms with van der Waals surface area (Å²) in [5, 5.41) is 24.7. The molecular formula is C8H7N5O2S. The maximum atomic E-state index is 10.9. The van der Waals surface area contributed by atoms with Crippen molar-refractivity contribution in [3.63, 3.8) is 0 Å². The highest BCUT2D eigenvalue weighted by molar-refractivity contribution is 7.99. The molecule has 0 aliphatic carbocycles. The Kier molecular flexibility index (Phi) is 2.82. The summed E-state index contributed by atoms with van der Waals surface area (Å²) in [6, 6.07) is 1.40. The summed E-state index contributed by atoms with van der Waals surface area (Å²) in [7, 11) is 1.76. The molecule has 82 valence electrons. The zero-order valence-corrected chi connectivity index (χ0v) is 9.05. The molecule has 0 spiro atoms. The van der Waals surface area contributed by atoms with Crippen LogP contribution in [0.25, 0.3) is 0 Å². The Morgan fingerprint density at radius 1 is 1.44 bits per heavy atom. The van der Waals surface area contributed by atoms with Crippen LogP contribution in [0.4, 0.5) is 0 Å². The molecule has 16 heavy (non-hydrogen) atoms. The summed E-state index contributed by atoms with van der Waals surface area (Å²) in [4.78, 5) is 10.9. The predicted molar refractivity (Wildman–Crippen MR) is 54.1 cm³/mol. The van der Waals surface area contributed by atoms with E-state index in [9.17, 15) is 4.79 Å². The quantitative estimate of drug-likeness (QED) is 0.828. The molecule has 0 aliphatic heterocycles. The Morgan fingerprint density at radius 3 is 2.88 bits per heavy atom. The van der Waals surface area contributed by atoms with Crippen LogP contribution < -0.4 is 0 Å². The number of aromatic nitrogens is 5. The lowest BCUT2D eigenvalue weighted by Crippen LogP contribution is -2.02. The van der Waals surface area contributed by atoms with E-state index >= 15 is 0 Å². The van der Waals surface area contributed by atoms with Gasteiger partial charge >= 0.3 is 5.97 Å². The van der Waals surface area contributed by atoms with Crippen molar-refractivity contribution in [2.45, 2.75) is 10.2 Å². The third kappa shape index (κ3) is 2.01. The van der Waals surface area contributed by atoms with Gasteiger partial charge in [-0.2, -0.15) is 5.10 Å².